The Labute approximate surface area is 94.2 Å². The van der Waals surface area contributed by atoms with Crippen molar-refractivity contribution in [2.24, 2.45) is 5.73 Å². The first-order valence-electron chi connectivity index (χ1n) is 4.98. The molecular weight excluding hydrogens is 212 g/mol. The normalized spacial score (nSPS) is 14.9. The van der Waals surface area contributed by atoms with Gasteiger partial charge in [0.05, 0.1) is 6.04 Å². The van der Waals surface area contributed by atoms with E-state index in [1.54, 1.807) is 0 Å². The standard InChI is InChI=1S/C9H18N4OS/c1-6(4-5-15-3)11-9-13-12-8(14-9)7(2)10/h6-7H,4-5,10H2,1-3H3,(H,11,13). The lowest BCUT2D eigenvalue weighted by atomic mass is 10.3. The zero-order valence-corrected chi connectivity index (χ0v) is 10.2. The molecule has 0 bridgehead atoms. The van der Waals surface area contributed by atoms with Gasteiger partial charge in [0, 0.05) is 6.04 Å². The molecule has 1 heterocycles. The van der Waals surface area contributed by atoms with Gasteiger partial charge < -0.3 is 15.5 Å². The summed E-state index contributed by atoms with van der Waals surface area (Å²) >= 11 is 1.82. The van der Waals surface area contributed by atoms with E-state index in [9.17, 15) is 0 Å². The summed E-state index contributed by atoms with van der Waals surface area (Å²) in [4.78, 5) is 0. The second kappa shape index (κ2) is 5.97. The van der Waals surface area contributed by atoms with Gasteiger partial charge in [-0.1, -0.05) is 5.10 Å². The van der Waals surface area contributed by atoms with Crippen molar-refractivity contribution in [1.82, 2.24) is 10.2 Å². The van der Waals surface area contributed by atoms with Crippen LogP contribution in [-0.2, 0) is 0 Å². The number of nitrogens with one attached hydrogen (secondary N) is 1. The quantitative estimate of drug-likeness (QED) is 0.773. The third kappa shape index (κ3) is 4.09. The third-order valence-corrected chi connectivity index (χ3v) is 2.60. The van der Waals surface area contributed by atoms with E-state index in [1.807, 2.05) is 18.7 Å². The zero-order valence-electron chi connectivity index (χ0n) is 9.36. The molecule has 15 heavy (non-hydrogen) atoms. The predicted molar refractivity (Wildman–Crippen MR) is 63.0 cm³/mol. The average Bonchev–Trinajstić information content (AvgIpc) is 2.63. The smallest absolute Gasteiger partial charge is 0.315 e. The highest BCUT2D eigenvalue weighted by Gasteiger charge is 2.11. The number of anilines is 1. The molecule has 1 aromatic heterocycles. The zero-order chi connectivity index (χ0) is 11.3. The summed E-state index contributed by atoms with van der Waals surface area (Å²) in [5.74, 6) is 1.58. The summed E-state index contributed by atoms with van der Waals surface area (Å²) in [5.41, 5.74) is 5.61. The summed E-state index contributed by atoms with van der Waals surface area (Å²) in [6, 6.07) is 0.573. The number of hydrogen-bond donors (Lipinski definition) is 2. The Hall–Kier alpha value is -0.750. The predicted octanol–water partition coefficient (Wildman–Crippen LogP) is 1.64. The molecule has 0 aliphatic carbocycles. The highest BCUT2D eigenvalue weighted by atomic mass is 32.2. The number of aromatic nitrogens is 2. The van der Waals surface area contributed by atoms with E-state index in [-0.39, 0.29) is 6.04 Å². The Morgan fingerprint density at radius 1 is 1.47 bits per heavy atom. The SMILES string of the molecule is CSCCC(C)Nc1nnc(C(C)N)o1. The van der Waals surface area contributed by atoms with Gasteiger partial charge in [0.2, 0.25) is 5.89 Å². The fraction of sp³-hybridized carbons (Fsp3) is 0.778. The minimum atomic E-state index is -0.213. The molecule has 0 spiro atoms. The number of thioether (sulfide) groups is 1. The van der Waals surface area contributed by atoms with Crippen LogP contribution in [0.25, 0.3) is 0 Å². The topological polar surface area (TPSA) is 77.0 Å². The van der Waals surface area contributed by atoms with Gasteiger partial charge in [-0.3, -0.25) is 0 Å². The van der Waals surface area contributed by atoms with Gasteiger partial charge in [0.25, 0.3) is 0 Å². The lowest BCUT2D eigenvalue weighted by Gasteiger charge is -2.10. The van der Waals surface area contributed by atoms with E-state index in [1.165, 1.54) is 0 Å². The van der Waals surface area contributed by atoms with Crippen LogP contribution in [0.15, 0.2) is 4.42 Å². The van der Waals surface area contributed by atoms with Crippen LogP contribution < -0.4 is 11.1 Å². The Balaban J connectivity index is 2.42. The van der Waals surface area contributed by atoms with Crippen LogP contribution in [-0.4, -0.2) is 28.2 Å². The van der Waals surface area contributed by atoms with Gasteiger partial charge in [-0.2, -0.15) is 11.8 Å². The highest BCUT2D eigenvalue weighted by molar-refractivity contribution is 7.98. The van der Waals surface area contributed by atoms with Crippen LogP contribution in [0.4, 0.5) is 6.01 Å². The maximum atomic E-state index is 5.61. The lowest BCUT2D eigenvalue weighted by Crippen LogP contribution is -2.16. The van der Waals surface area contributed by atoms with Crippen LogP contribution in [0, 0.1) is 0 Å². The van der Waals surface area contributed by atoms with Crippen molar-refractivity contribution in [3.8, 4) is 0 Å². The third-order valence-electron chi connectivity index (χ3n) is 1.96. The number of hydrogen-bond acceptors (Lipinski definition) is 6. The van der Waals surface area contributed by atoms with Gasteiger partial charge in [-0.05, 0) is 32.3 Å². The second-order valence-electron chi connectivity index (χ2n) is 3.56. The van der Waals surface area contributed by atoms with Gasteiger partial charge in [-0.15, -0.1) is 5.10 Å². The number of nitrogens with zero attached hydrogens (tertiary/aromatic N) is 2. The summed E-state index contributed by atoms with van der Waals surface area (Å²) in [6.45, 7) is 3.90. The maximum absolute atomic E-state index is 5.61. The maximum Gasteiger partial charge on any atom is 0.315 e. The molecule has 0 fully saturated rings. The lowest BCUT2D eigenvalue weighted by molar-refractivity contribution is 0.469. The molecule has 2 atom stereocenters. The van der Waals surface area contributed by atoms with Gasteiger partial charge in [-0.25, -0.2) is 0 Å². The van der Waals surface area contributed by atoms with Crippen molar-refractivity contribution >= 4 is 17.8 Å². The first-order chi connectivity index (χ1) is 7.13. The van der Waals surface area contributed by atoms with Crippen molar-refractivity contribution in [2.45, 2.75) is 32.4 Å². The highest BCUT2D eigenvalue weighted by Crippen LogP contribution is 2.13. The van der Waals surface area contributed by atoms with E-state index in [0.717, 1.165) is 12.2 Å². The molecule has 0 aliphatic heterocycles. The first-order valence-corrected chi connectivity index (χ1v) is 6.37. The molecule has 1 rings (SSSR count). The molecule has 0 aromatic carbocycles. The fourth-order valence-electron chi connectivity index (χ4n) is 1.05. The van der Waals surface area contributed by atoms with E-state index >= 15 is 0 Å². The van der Waals surface area contributed by atoms with E-state index in [4.69, 9.17) is 10.2 Å². The van der Waals surface area contributed by atoms with E-state index in [0.29, 0.717) is 17.9 Å². The molecule has 0 aliphatic rings. The van der Waals surface area contributed by atoms with E-state index in [2.05, 4.69) is 28.7 Å². The minimum absolute atomic E-state index is 0.213. The molecule has 0 amide bonds. The van der Waals surface area contributed by atoms with Crippen LogP contribution in [0.3, 0.4) is 0 Å². The monoisotopic (exact) mass is 230 g/mol. The van der Waals surface area contributed by atoms with Gasteiger partial charge in [0.1, 0.15) is 0 Å². The molecular formula is C9H18N4OS. The van der Waals surface area contributed by atoms with Crippen molar-refractivity contribution < 1.29 is 4.42 Å². The summed E-state index contributed by atoms with van der Waals surface area (Å²) in [6.07, 6.45) is 3.16. The molecule has 0 saturated heterocycles. The largest absolute Gasteiger partial charge is 0.406 e. The van der Waals surface area contributed by atoms with Gasteiger partial charge >= 0.3 is 6.01 Å². The van der Waals surface area contributed by atoms with Crippen molar-refractivity contribution in [1.29, 1.82) is 0 Å². The molecule has 6 heteroatoms. The number of rotatable bonds is 6. The summed E-state index contributed by atoms with van der Waals surface area (Å²) in [7, 11) is 0. The minimum Gasteiger partial charge on any atom is -0.406 e. The van der Waals surface area contributed by atoms with Crippen molar-refractivity contribution in [3.05, 3.63) is 5.89 Å². The molecule has 3 N–H and O–H groups in total. The van der Waals surface area contributed by atoms with Crippen LogP contribution in [0.5, 0.6) is 0 Å². The Morgan fingerprint density at radius 3 is 2.73 bits per heavy atom. The Bertz CT molecular complexity index is 289. The first kappa shape index (κ1) is 12.3. The van der Waals surface area contributed by atoms with Crippen molar-refractivity contribution in [3.63, 3.8) is 0 Å². The molecule has 0 radical (unpaired) electrons. The molecule has 2 unspecified atom stereocenters. The summed E-state index contributed by atoms with van der Waals surface area (Å²) < 4.78 is 5.33. The fourth-order valence-corrected chi connectivity index (χ4v) is 1.64. The van der Waals surface area contributed by atoms with Gasteiger partial charge in [0.15, 0.2) is 0 Å². The average molecular weight is 230 g/mol. The molecule has 1 aromatic rings. The Kier molecular flexibility index (Phi) is 4.90. The number of nitrogens with two attached hydrogens (primary N) is 1. The van der Waals surface area contributed by atoms with Crippen LogP contribution >= 0.6 is 11.8 Å². The Morgan fingerprint density at radius 2 is 2.20 bits per heavy atom. The van der Waals surface area contributed by atoms with E-state index < -0.39 is 0 Å². The van der Waals surface area contributed by atoms with Crippen molar-refractivity contribution in [2.75, 3.05) is 17.3 Å². The molecule has 86 valence electrons. The summed E-state index contributed by atoms with van der Waals surface area (Å²) in [5, 5.41) is 10.9. The van der Waals surface area contributed by atoms with Crippen LogP contribution in [0.2, 0.25) is 0 Å². The van der Waals surface area contributed by atoms with Crippen LogP contribution in [0.1, 0.15) is 32.2 Å². The second-order valence-corrected chi connectivity index (χ2v) is 4.55. The molecule has 5 nitrogen and oxygen atoms in total. The molecule has 0 saturated carbocycles.